The van der Waals surface area contributed by atoms with Crippen molar-refractivity contribution in [1.29, 1.82) is 0 Å². The van der Waals surface area contributed by atoms with Gasteiger partial charge in [-0.1, -0.05) is 18.2 Å². The average molecular weight is 310 g/mol. The van der Waals surface area contributed by atoms with E-state index in [-0.39, 0.29) is 11.7 Å². The van der Waals surface area contributed by atoms with Crippen LogP contribution in [0.2, 0.25) is 0 Å². The molecule has 0 aliphatic heterocycles. The summed E-state index contributed by atoms with van der Waals surface area (Å²) in [5.41, 5.74) is 3.14. The number of amides is 1. The van der Waals surface area contributed by atoms with Crippen LogP contribution in [0.4, 0.5) is 8.78 Å². The fraction of sp³-hybridized carbons (Fsp3) is 0.143. The molecule has 110 valence electrons. The normalized spacial score (nSPS) is 11.5. The van der Waals surface area contributed by atoms with E-state index < -0.39 is 6.61 Å². The second-order valence-corrected chi connectivity index (χ2v) is 4.94. The summed E-state index contributed by atoms with van der Waals surface area (Å²) < 4.78 is 29.1. The minimum Gasteiger partial charge on any atom is -0.434 e. The Labute approximate surface area is 124 Å². The Balaban J connectivity index is 2.14. The van der Waals surface area contributed by atoms with Gasteiger partial charge in [0.1, 0.15) is 5.75 Å². The van der Waals surface area contributed by atoms with Crippen LogP contribution in [0.5, 0.6) is 5.75 Å². The van der Waals surface area contributed by atoms with E-state index in [1.165, 1.54) is 17.4 Å². The van der Waals surface area contributed by atoms with Gasteiger partial charge in [-0.25, -0.2) is 5.43 Å². The smallest absolute Gasteiger partial charge is 0.387 e. The molecule has 0 radical (unpaired) electrons. The number of thiophene rings is 1. The van der Waals surface area contributed by atoms with E-state index in [1.807, 2.05) is 0 Å². The molecule has 0 unspecified atom stereocenters. The van der Waals surface area contributed by atoms with Gasteiger partial charge in [0.15, 0.2) is 0 Å². The lowest BCUT2D eigenvalue weighted by Crippen LogP contribution is -2.18. The molecule has 4 nitrogen and oxygen atoms in total. The first-order valence-electron chi connectivity index (χ1n) is 6.00. The highest BCUT2D eigenvalue weighted by Crippen LogP contribution is 2.21. The molecule has 0 aliphatic rings. The van der Waals surface area contributed by atoms with E-state index in [0.717, 1.165) is 0 Å². The molecular weight excluding hydrogens is 298 g/mol. The molecule has 0 bridgehead atoms. The summed E-state index contributed by atoms with van der Waals surface area (Å²) in [5.74, 6) is -0.337. The number of alkyl halides is 2. The highest BCUT2D eigenvalue weighted by molar-refractivity contribution is 7.12. The van der Waals surface area contributed by atoms with Gasteiger partial charge in [0.05, 0.1) is 10.6 Å². The Morgan fingerprint density at radius 2 is 2.05 bits per heavy atom. The van der Waals surface area contributed by atoms with Crippen LogP contribution in [-0.4, -0.2) is 18.2 Å². The number of carbonyl (C=O) groups is 1. The molecule has 2 aromatic rings. The van der Waals surface area contributed by atoms with Gasteiger partial charge < -0.3 is 4.74 Å². The number of halogens is 2. The zero-order chi connectivity index (χ0) is 15.2. The van der Waals surface area contributed by atoms with Crippen LogP contribution < -0.4 is 10.2 Å². The predicted molar refractivity (Wildman–Crippen MR) is 77.1 cm³/mol. The molecule has 0 saturated heterocycles. The van der Waals surface area contributed by atoms with Crippen LogP contribution in [-0.2, 0) is 0 Å². The minimum absolute atomic E-state index is 0.0131. The number of hydrogen-bond donors (Lipinski definition) is 1. The largest absolute Gasteiger partial charge is 0.434 e. The number of hydrazone groups is 1. The summed E-state index contributed by atoms with van der Waals surface area (Å²) in [7, 11) is 0. The fourth-order valence-corrected chi connectivity index (χ4v) is 2.24. The third kappa shape index (κ3) is 4.09. The van der Waals surface area contributed by atoms with Crippen LogP contribution in [0.1, 0.15) is 22.2 Å². The lowest BCUT2D eigenvalue weighted by atomic mass is 10.1. The summed E-state index contributed by atoms with van der Waals surface area (Å²) in [6.07, 6.45) is 0. The van der Waals surface area contributed by atoms with Crippen molar-refractivity contribution in [2.24, 2.45) is 5.10 Å². The third-order valence-corrected chi connectivity index (χ3v) is 3.43. The summed E-state index contributed by atoms with van der Waals surface area (Å²) in [5, 5.41) is 5.69. The number of hydrogen-bond acceptors (Lipinski definition) is 4. The second kappa shape index (κ2) is 6.94. The number of rotatable bonds is 5. The number of benzene rings is 1. The van der Waals surface area contributed by atoms with Gasteiger partial charge in [-0.3, -0.25) is 4.79 Å². The number of nitrogens with zero attached hydrogens (tertiary/aromatic N) is 1. The summed E-state index contributed by atoms with van der Waals surface area (Å²) in [6, 6.07) is 9.68. The van der Waals surface area contributed by atoms with Gasteiger partial charge in [0.2, 0.25) is 0 Å². The quantitative estimate of drug-likeness (QED) is 0.679. The highest BCUT2D eigenvalue weighted by atomic mass is 32.1. The van der Waals surface area contributed by atoms with Crippen molar-refractivity contribution in [3.8, 4) is 5.75 Å². The SMILES string of the molecule is C/C(=N/NC(=O)c1cccs1)c1ccccc1OC(F)F. The second-order valence-electron chi connectivity index (χ2n) is 3.99. The monoisotopic (exact) mass is 310 g/mol. The lowest BCUT2D eigenvalue weighted by Gasteiger charge is -2.10. The van der Waals surface area contributed by atoms with Crippen LogP contribution >= 0.6 is 11.3 Å². The van der Waals surface area contributed by atoms with E-state index in [9.17, 15) is 13.6 Å². The number of para-hydroxylation sites is 1. The van der Waals surface area contributed by atoms with Crippen molar-refractivity contribution in [2.45, 2.75) is 13.5 Å². The Morgan fingerprint density at radius 1 is 1.29 bits per heavy atom. The zero-order valence-corrected chi connectivity index (χ0v) is 11.9. The molecule has 0 atom stereocenters. The fourth-order valence-electron chi connectivity index (χ4n) is 1.62. The van der Waals surface area contributed by atoms with E-state index in [0.29, 0.717) is 16.2 Å². The lowest BCUT2D eigenvalue weighted by molar-refractivity contribution is -0.0499. The highest BCUT2D eigenvalue weighted by Gasteiger charge is 2.12. The first-order chi connectivity index (χ1) is 10.1. The summed E-state index contributed by atoms with van der Waals surface area (Å²) in [6.45, 7) is -1.32. The molecule has 1 heterocycles. The van der Waals surface area contributed by atoms with Crippen LogP contribution in [0.15, 0.2) is 46.9 Å². The van der Waals surface area contributed by atoms with Gasteiger partial charge in [-0.05, 0) is 30.5 Å². The number of carbonyl (C=O) groups excluding carboxylic acids is 1. The molecule has 1 aromatic carbocycles. The van der Waals surface area contributed by atoms with Crippen molar-refractivity contribution < 1.29 is 18.3 Å². The summed E-state index contributed by atoms with van der Waals surface area (Å²) >= 11 is 1.28. The van der Waals surface area contributed by atoms with Crippen molar-refractivity contribution >= 4 is 23.0 Å². The Kier molecular flexibility index (Phi) is 4.99. The number of nitrogens with one attached hydrogen (secondary N) is 1. The summed E-state index contributed by atoms with van der Waals surface area (Å²) in [4.78, 5) is 12.3. The van der Waals surface area contributed by atoms with Gasteiger partial charge in [0.25, 0.3) is 5.91 Å². The van der Waals surface area contributed by atoms with Crippen LogP contribution in [0.25, 0.3) is 0 Å². The van der Waals surface area contributed by atoms with E-state index in [1.54, 1.807) is 42.6 Å². The van der Waals surface area contributed by atoms with Crippen molar-refractivity contribution in [2.75, 3.05) is 0 Å². The van der Waals surface area contributed by atoms with Gasteiger partial charge in [-0.15, -0.1) is 11.3 Å². The minimum atomic E-state index is -2.92. The van der Waals surface area contributed by atoms with Gasteiger partial charge >= 0.3 is 6.61 Å². The topological polar surface area (TPSA) is 50.7 Å². The van der Waals surface area contributed by atoms with E-state index in [4.69, 9.17) is 0 Å². The molecule has 7 heteroatoms. The molecule has 2 rings (SSSR count). The molecule has 0 spiro atoms. The molecule has 1 amide bonds. The number of ether oxygens (including phenoxy) is 1. The van der Waals surface area contributed by atoms with Crippen molar-refractivity contribution in [3.05, 3.63) is 52.2 Å². The molecule has 0 fully saturated rings. The molecule has 21 heavy (non-hydrogen) atoms. The Bertz CT molecular complexity index is 642. The predicted octanol–water partition coefficient (Wildman–Crippen LogP) is 3.50. The van der Waals surface area contributed by atoms with Gasteiger partial charge in [-0.2, -0.15) is 13.9 Å². The molecule has 0 aliphatic carbocycles. The molecule has 1 N–H and O–H groups in total. The third-order valence-electron chi connectivity index (χ3n) is 2.56. The zero-order valence-electron chi connectivity index (χ0n) is 11.0. The maximum absolute atomic E-state index is 12.3. The molecular formula is C14H12F2N2O2S. The van der Waals surface area contributed by atoms with Crippen LogP contribution in [0, 0.1) is 0 Å². The standard InChI is InChI=1S/C14H12F2N2O2S/c1-9(17-18-13(19)12-7-4-8-21-12)10-5-2-3-6-11(10)20-14(15)16/h2-8,14H,1H3,(H,18,19)/b17-9-. The van der Waals surface area contributed by atoms with E-state index >= 15 is 0 Å². The van der Waals surface area contributed by atoms with Crippen molar-refractivity contribution in [1.82, 2.24) is 5.43 Å². The first-order valence-corrected chi connectivity index (χ1v) is 6.88. The Hall–Kier alpha value is -2.28. The average Bonchev–Trinajstić information content (AvgIpc) is 2.98. The maximum atomic E-state index is 12.3. The van der Waals surface area contributed by atoms with Crippen LogP contribution in [0.3, 0.4) is 0 Å². The Morgan fingerprint density at radius 3 is 2.71 bits per heavy atom. The molecule has 0 saturated carbocycles. The maximum Gasteiger partial charge on any atom is 0.387 e. The van der Waals surface area contributed by atoms with Gasteiger partial charge in [0, 0.05) is 5.56 Å². The molecule has 1 aromatic heterocycles. The van der Waals surface area contributed by atoms with Crippen molar-refractivity contribution in [3.63, 3.8) is 0 Å². The first kappa shape index (κ1) is 15.1. The van der Waals surface area contributed by atoms with E-state index in [2.05, 4.69) is 15.3 Å².